The lowest BCUT2D eigenvalue weighted by molar-refractivity contribution is 0.0744. The summed E-state index contributed by atoms with van der Waals surface area (Å²) in [6.45, 7) is 2.34. The first-order valence-corrected chi connectivity index (χ1v) is 9.81. The highest BCUT2D eigenvalue weighted by molar-refractivity contribution is 7.13. The Balaban J connectivity index is 1.46. The molecule has 1 aliphatic heterocycles. The van der Waals surface area contributed by atoms with E-state index in [2.05, 4.69) is 14.9 Å². The van der Waals surface area contributed by atoms with E-state index in [0.717, 1.165) is 16.4 Å². The number of H-pyrrole nitrogens is 1. The first-order chi connectivity index (χ1) is 13.1. The predicted molar refractivity (Wildman–Crippen MR) is 108 cm³/mol. The third-order valence-corrected chi connectivity index (χ3v) is 5.63. The van der Waals surface area contributed by atoms with Crippen molar-refractivity contribution < 1.29 is 4.79 Å². The van der Waals surface area contributed by atoms with Gasteiger partial charge in [-0.1, -0.05) is 23.7 Å². The number of nitrogens with zero attached hydrogens (tertiary/aromatic N) is 3. The number of pyridine rings is 2. The molecule has 0 atom stereocenters. The van der Waals surface area contributed by atoms with E-state index >= 15 is 0 Å². The number of aromatic amines is 1. The number of carbonyl (C=O) groups excluding carboxylic acids is 1. The Hall–Kier alpha value is -2.64. The maximum absolute atomic E-state index is 12.8. The second-order valence-electron chi connectivity index (χ2n) is 6.19. The molecule has 1 aliphatic rings. The van der Waals surface area contributed by atoms with Crippen LogP contribution in [0.5, 0.6) is 0 Å². The molecule has 8 heteroatoms. The van der Waals surface area contributed by atoms with Gasteiger partial charge in [0.1, 0.15) is 16.5 Å². The lowest BCUT2D eigenvalue weighted by Crippen LogP contribution is -2.49. The molecule has 27 heavy (non-hydrogen) atoms. The van der Waals surface area contributed by atoms with Gasteiger partial charge in [-0.05, 0) is 35.7 Å². The normalized spacial score (nSPS) is 14.4. The maximum atomic E-state index is 12.8. The van der Waals surface area contributed by atoms with E-state index in [1.807, 2.05) is 29.6 Å². The number of piperazine rings is 1. The second-order valence-corrected chi connectivity index (χ2v) is 7.52. The fraction of sp³-hybridized carbons (Fsp3) is 0.211. The lowest BCUT2D eigenvalue weighted by atomic mass is 10.2. The van der Waals surface area contributed by atoms with Crippen molar-refractivity contribution in [3.63, 3.8) is 0 Å². The molecule has 1 amide bonds. The quantitative estimate of drug-likeness (QED) is 0.686. The van der Waals surface area contributed by atoms with Crippen LogP contribution in [0.1, 0.15) is 10.4 Å². The molecule has 6 nitrogen and oxygen atoms in total. The first-order valence-electron chi connectivity index (χ1n) is 8.56. The van der Waals surface area contributed by atoms with Crippen molar-refractivity contribution in [1.29, 1.82) is 0 Å². The predicted octanol–water partition coefficient (Wildman–Crippen LogP) is 3.11. The number of halogens is 1. The Morgan fingerprint density at radius 2 is 1.89 bits per heavy atom. The number of aromatic nitrogens is 2. The third-order valence-electron chi connectivity index (χ3n) is 4.52. The van der Waals surface area contributed by atoms with Gasteiger partial charge in [0, 0.05) is 26.2 Å². The summed E-state index contributed by atoms with van der Waals surface area (Å²) in [6.07, 6.45) is 0. The average Bonchev–Trinajstić information content (AvgIpc) is 3.22. The van der Waals surface area contributed by atoms with Gasteiger partial charge in [-0.25, -0.2) is 4.98 Å². The largest absolute Gasteiger partial charge is 0.353 e. The minimum absolute atomic E-state index is 0.171. The minimum Gasteiger partial charge on any atom is -0.353 e. The summed E-state index contributed by atoms with van der Waals surface area (Å²) in [6, 6.07) is 12.7. The van der Waals surface area contributed by atoms with E-state index in [0.29, 0.717) is 31.3 Å². The van der Waals surface area contributed by atoms with Crippen molar-refractivity contribution in [3.8, 4) is 10.6 Å². The van der Waals surface area contributed by atoms with Crippen LogP contribution in [0.25, 0.3) is 10.6 Å². The number of rotatable bonds is 3. The molecule has 0 aliphatic carbocycles. The SMILES string of the molecule is O=C(c1ccc(-c2cccs2)[nH]c1=O)N1CCN(c2cccc(Cl)n2)CC1. The van der Waals surface area contributed by atoms with Crippen LogP contribution in [0.3, 0.4) is 0 Å². The average molecular weight is 401 g/mol. The number of thiophene rings is 1. The number of hydrogen-bond acceptors (Lipinski definition) is 5. The second kappa shape index (κ2) is 7.54. The zero-order chi connectivity index (χ0) is 18.8. The molecular weight excluding hydrogens is 384 g/mol. The van der Waals surface area contributed by atoms with Gasteiger partial charge in [0.15, 0.2) is 0 Å². The van der Waals surface area contributed by atoms with Crippen LogP contribution in [-0.2, 0) is 0 Å². The van der Waals surface area contributed by atoms with Crippen LogP contribution >= 0.6 is 22.9 Å². The van der Waals surface area contributed by atoms with Gasteiger partial charge in [-0.2, -0.15) is 0 Å². The molecule has 4 heterocycles. The Morgan fingerprint density at radius 1 is 1.07 bits per heavy atom. The topological polar surface area (TPSA) is 69.3 Å². The summed E-state index contributed by atoms with van der Waals surface area (Å²) >= 11 is 7.49. The number of anilines is 1. The first kappa shape index (κ1) is 17.8. The molecule has 0 spiro atoms. The molecule has 0 unspecified atom stereocenters. The van der Waals surface area contributed by atoms with Crippen molar-refractivity contribution >= 4 is 34.7 Å². The van der Waals surface area contributed by atoms with Gasteiger partial charge in [-0.3, -0.25) is 9.59 Å². The Kier molecular flexibility index (Phi) is 4.96. The van der Waals surface area contributed by atoms with Crippen molar-refractivity contribution in [2.75, 3.05) is 31.1 Å². The van der Waals surface area contributed by atoms with Crippen molar-refractivity contribution in [2.24, 2.45) is 0 Å². The van der Waals surface area contributed by atoms with Crippen LogP contribution in [0.15, 0.2) is 52.6 Å². The van der Waals surface area contributed by atoms with Crippen molar-refractivity contribution in [2.45, 2.75) is 0 Å². The van der Waals surface area contributed by atoms with Crippen LogP contribution in [0, 0.1) is 0 Å². The number of nitrogens with one attached hydrogen (secondary N) is 1. The number of amides is 1. The van der Waals surface area contributed by atoms with Crippen LogP contribution in [0.4, 0.5) is 5.82 Å². The molecule has 3 aromatic rings. The zero-order valence-electron chi connectivity index (χ0n) is 14.4. The standard InChI is InChI=1S/C19H17ClN4O2S/c20-16-4-1-5-17(22-16)23-8-10-24(11-9-23)19(26)13-6-7-14(21-18(13)25)15-3-2-12-27-15/h1-7,12H,8-11H2,(H,21,25). The fourth-order valence-corrected chi connectivity index (χ4v) is 3.97. The summed E-state index contributed by atoms with van der Waals surface area (Å²) < 4.78 is 0. The summed E-state index contributed by atoms with van der Waals surface area (Å²) in [7, 11) is 0. The van der Waals surface area contributed by atoms with E-state index in [9.17, 15) is 9.59 Å². The monoisotopic (exact) mass is 400 g/mol. The van der Waals surface area contributed by atoms with Gasteiger partial charge >= 0.3 is 0 Å². The highest BCUT2D eigenvalue weighted by atomic mass is 35.5. The van der Waals surface area contributed by atoms with Gasteiger partial charge in [-0.15, -0.1) is 11.3 Å². The smallest absolute Gasteiger partial charge is 0.261 e. The van der Waals surface area contributed by atoms with Crippen LogP contribution in [-0.4, -0.2) is 47.0 Å². The van der Waals surface area contributed by atoms with E-state index in [-0.39, 0.29) is 17.0 Å². The highest BCUT2D eigenvalue weighted by Gasteiger charge is 2.24. The summed E-state index contributed by atoms with van der Waals surface area (Å²) in [5, 5.41) is 2.39. The summed E-state index contributed by atoms with van der Waals surface area (Å²) in [4.78, 5) is 37.1. The van der Waals surface area contributed by atoms with Crippen LogP contribution in [0.2, 0.25) is 5.15 Å². The third kappa shape index (κ3) is 3.74. The van der Waals surface area contributed by atoms with Gasteiger partial charge in [0.05, 0.1) is 10.6 Å². The van der Waals surface area contributed by atoms with Crippen molar-refractivity contribution in [3.05, 3.63) is 68.9 Å². The Bertz CT molecular complexity index is 1010. The van der Waals surface area contributed by atoms with Gasteiger partial charge in [0.2, 0.25) is 0 Å². The van der Waals surface area contributed by atoms with E-state index in [1.165, 1.54) is 11.3 Å². The molecule has 0 radical (unpaired) electrons. The summed E-state index contributed by atoms with van der Waals surface area (Å²) in [5.74, 6) is 0.556. The van der Waals surface area contributed by atoms with E-state index < -0.39 is 0 Å². The molecule has 4 rings (SSSR count). The lowest BCUT2D eigenvalue weighted by Gasteiger charge is -2.35. The zero-order valence-corrected chi connectivity index (χ0v) is 16.0. The van der Waals surface area contributed by atoms with E-state index in [4.69, 9.17) is 11.6 Å². The number of hydrogen-bond donors (Lipinski definition) is 1. The minimum atomic E-state index is -0.357. The molecule has 0 bridgehead atoms. The van der Waals surface area contributed by atoms with Crippen molar-refractivity contribution in [1.82, 2.24) is 14.9 Å². The van der Waals surface area contributed by atoms with Crippen LogP contribution < -0.4 is 10.5 Å². The molecular formula is C19H17ClN4O2S. The molecule has 1 N–H and O–H groups in total. The van der Waals surface area contributed by atoms with Gasteiger partial charge in [0.25, 0.3) is 11.5 Å². The molecule has 0 aromatic carbocycles. The Morgan fingerprint density at radius 3 is 2.56 bits per heavy atom. The molecule has 0 saturated carbocycles. The van der Waals surface area contributed by atoms with E-state index in [1.54, 1.807) is 23.1 Å². The highest BCUT2D eigenvalue weighted by Crippen LogP contribution is 2.22. The molecule has 3 aromatic heterocycles. The number of carbonyl (C=O) groups is 1. The molecule has 1 saturated heterocycles. The molecule has 1 fully saturated rings. The summed E-state index contributed by atoms with van der Waals surface area (Å²) in [5.41, 5.74) is 0.540. The fourth-order valence-electron chi connectivity index (χ4n) is 3.10. The maximum Gasteiger partial charge on any atom is 0.261 e. The van der Waals surface area contributed by atoms with Gasteiger partial charge < -0.3 is 14.8 Å². The molecule has 138 valence electrons. The Labute approximate surface area is 165 Å².